The van der Waals surface area contributed by atoms with Crippen molar-refractivity contribution in [1.29, 1.82) is 0 Å². The van der Waals surface area contributed by atoms with Crippen LogP contribution in [0.4, 0.5) is 0 Å². The van der Waals surface area contributed by atoms with E-state index in [4.69, 9.17) is 5.73 Å². The molecule has 3 heteroatoms. The molecular weight excluding hydrogens is 162 g/mol. The lowest BCUT2D eigenvalue weighted by Crippen LogP contribution is -2.27. The lowest BCUT2D eigenvalue weighted by Gasteiger charge is -2.20. The Kier molecular flexibility index (Phi) is 6.59. The number of aliphatic imine (C=N–C) groups is 1. The van der Waals surface area contributed by atoms with Gasteiger partial charge in [0.2, 0.25) is 0 Å². The second kappa shape index (κ2) is 6.89. The summed E-state index contributed by atoms with van der Waals surface area (Å²) in [7, 11) is 2.15. The molecule has 0 rings (SSSR count). The number of nitrogens with two attached hydrogens (primary N) is 1. The van der Waals surface area contributed by atoms with Crippen LogP contribution < -0.4 is 5.73 Å². The van der Waals surface area contributed by atoms with E-state index in [0.29, 0.717) is 11.9 Å². The average Bonchev–Trinajstić information content (AvgIpc) is 2.02. The molecule has 0 bridgehead atoms. The van der Waals surface area contributed by atoms with Gasteiger partial charge in [-0.2, -0.15) is 0 Å². The summed E-state index contributed by atoms with van der Waals surface area (Å²) in [6.45, 7) is 8.27. The number of rotatable bonds is 6. The lowest BCUT2D eigenvalue weighted by molar-refractivity contribution is 0.269. The predicted molar refractivity (Wildman–Crippen MR) is 59.2 cm³/mol. The summed E-state index contributed by atoms with van der Waals surface area (Å²) in [4.78, 5) is 6.49. The van der Waals surface area contributed by atoms with Crippen LogP contribution in [0.3, 0.4) is 0 Å². The molecule has 0 saturated carbocycles. The molecule has 13 heavy (non-hydrogen) atoms. The van der Waals surface area contributed by atoms with Crippen LogP contribution in [0.1, 0.15) is 33.6 Å². The van der Waals surface area contributed by atoms with Crippen molar-refractivity contribution in [1.82, 2.24) is 4.90 Å². The molecule has 0 aromatic carbocycles. The molecule has 0 aromatic rings. The van der Waals surface area contributed by atoms with Crippen LogP contribution in [0.5, 0.6) is 0 Å². The van der Waals surface area contributed by atoms with Gasteiger partial charge >= 0.3 is 0 Å². The molecule has 0 aliphatic rings. The molecule has 0 fully saturated rings. The summed E-state index contributed by atoms with van der Waals surface area (Å²) in [5.41, 5.74) is 5.42. The third-order valence-electron chi connectivity index (χ3n) is 2.16. The Morgan fingerprint density at radius 3 is 2.46 bits per heavy atom. The topological polar surface area (TPSA) is 41.6 Å². The minimum atomic E-state index is 0.639. The lowest BCUT2D eigenvalue weighted by atomic mass is 10.2. The van der Waals surface area contributed by atoms with Gasteiger partial charge in [-0.15, -0.1) is 0 Å². The fourth-order valence-corrected chi connectivity index (χ4v) is 0.987. The number of hydrogen-bond acceptors (Lipinski definition) is 2. The van der Waals surface area contributed by atoms with Gasteiger partial charge in [-0.05, 0) is 47.2 Å². The van der Waals surface area contributed by atoms with Crippen molar-refractivity contribution in [2.24, 2.45) is 10.7 Å². The zero-order valence-electron chi connectivity index (χ0n) is 9.38. The minimum Gasteiger partial charge on any atom is -0.388 e. The molecule has 0 aliphatic heterocycles. The highest BCUT2D eigenvalue weighted by Crippen LogP contribution is 1.97. The van der Waals surface area contributed by atoms with Crippen molar-refractivity contribution in [2.75, 3.05) is 20.1 Å². The summed E-state index contributed by atoms with van der Waals surface area (Å²) in [5, 5.41) is 0. The van der Waals surface area contributed by atoms with Gasteiger partial charge in [-0.3, -0.25) is 4.99 Å². The van der Waals surface area contributed by atoms with Gasteiger partial charge in [0.15, 0.2) is 0 Å². The molecule has 0 aliphatic carbocycles. The summed E-state index contributed by atoms with van der Waals surface area (Å²) in [5.74, 6) is 0.692. The van der Waals surface area contributed by atoms with Crippen LogP contribution in [-0.2, 0) is 0 Å². The van der Waals surface area contributed by atoms with E-state index in [1.165, 1.54) is 6.42 Å². The first kappa shape index (κ1) is 12.4. The highest BCUT2D eigenvalue weighted by Gasteiger charge is 2.00. The summed E-state index contributed by atoms with van der Waals surface area (Å²) in [6.07, 6.45) is 2.33. The van der Waals surface area contributed by atoms with Crippen LogP contribution in [-0.4, -0.2) is 36.9 Å². The quantitative estimate of drug-likeness (QED) is 0.387. The first-order valence-corrected chi connectivity index (χ1v) is 5.00. The fourth-order valence-electron chi connectivity index (χ4n) is 0.987. The first-order valence-electron chi connectivity index (χ1n) is 5.00. The molecule has 0 atom stereocenters. The maximum absolute atomic E-state index is 5.42. The summed E-state index contributed by atoms with van der Waals surface area (Å²) in [6, 6.07) is 0.639. The Hall–Kier alpha value is -0.570. The van der Waals surface area contributed by atoms with Crippen molar-refractivity contribution >= 4 is 5.84 Å². The van der Waals surface area contributed by atoms with Crippen LogP contribution >= 0.6 is 0 Å². The van der Waals surface area contributed by atoms with Gasteiger partial charge in [-0.1, -0.05) is 0 Å². The van der Waals surface area contributed by atoms with Gasteiger partial charge in [0.1, 0.15) is 0 Å². The maximum Gasteiger partial charge on any atom is 0.0905 e. The van der Waals surface area contributed by atoms with Crippen molar-refractivity contribution in [3.63, 3.8) is 0 Å². The molecule has 0 unspecified atom stereocenters. The van der Waals surface area contributed by atoms with E-state index in [1.54, 1.807) is 0 Å². The molecule has 0 amide bonds. The zero-order valence-corrected chi connectivity index (χ0v) is 9.38. The monoisotopic (exact) mass is 185 g/mol. The minimum absolute atomic E-state index is 0.639. The van der Waals surface area contributed by atoms with Crippen LogP contribution in [0, 0.1) is 0 Å². The molecule has 0 saturated heterocycles. The number of nitrogens with zero attached hydrogens (tertiary/aromatic N) is 2. The van der Waals surface area contributed by atoms with E-state index < -0.39 is 0 Å². The van der Waals surface area contributed by atoms with Crippen LogP contribution in [0.25, 0.3) is 0 Å². The van der Waals surface area contributed by atoms with Crippen molar-refractivity contribution in [2.45, 2.75) is 39.7 Å². The van der Waals surface area contributed by atoms with E-state index in [-0.39, 0.29) is 0 Å². The Labute approximate surface area is 82.0 Å². The highest BCUT2D eigenvalue weighted by molar-refractivity contribution is 5.77. The van der Waals surface area contributed by atoms with E-state index in [0.717, 1.165) is 19.5 Å². The SMILES string of the molecule is CC(N)=NCCCCN(C)C(C)C. The van der Waals surface area contributed by atoms with E-state index in [1.807, 2.05) is 6.92 Å². The van der Waals surface area contributed by atoms with Gasteiger partial charge in [-0.25, -0.2) is 0 Å². The number of hydrogen-bond donors (Lipinski definition) is 1. The number of amidine groups is 1. The highest BCUT2D eigenvalue weighted by atomic mass is 15.1. The predicted octanol–water partition coefficient (Wildman–Crippen LogP) is 1.48. The zero-order chi connectivity index (χ0) is 10.3. The Morgan fingerprint density at radius 1 is 1.38 bits per heavy atom. The second-order valence-corrected chi connectivity index (χ2v) is 3.80. The smallest absolute Gasteiger partial charge is 0.0905 e. The molecule has 2 N–H and O–H groups in total. The first-order chi connectivity index (χ1) is 6.04. The molecule has 78 valence electrons. The Bertz CT molecular complexity index is 148. The largest absolute Gasteiger partial charge is 0.388 e. The fraction of sp³-hybridized carbons (Fsp3) is 0.900. The van der Waals surface area contributed by atoms with E-state index in [2.05, 4.69) is 30.8 Å². The Morgan fingerprint density at radius 2 is 2.00 bits per heavy atom. The van der Waals surface area contributed by atoms with Gasteiger partial charge in [0.25, 0.3) is 0 Å². The van der Waals surface area contributed by atoms with Crippen LogP contribution in [0.15, 0.2) is 4.99 Å². The standard InChI is InChI=1S/C10H23N3/c1-9(2)13(4)8-6-5-7-12-10(3)11/h9H,5-8H2,1-4H3,(H2,11,12). The van der Waals surface area contributed by atoms with Crippen molar-refractivity contribution < 1.29 is 0 Å². The molecule has 0 heterocycles. The van der Waals surface area contributed by atoms with Crippen molar-refractivity contribution in [3.8, 4) is 0 Å². The normalized spacial score (nSPS) is 12.9. The molecule has 0 radical (unpaired) electrons. The maximum atomic E-state index is 5.42. The summed E-state index contributed by atoms with van der Waals surface area (Å²) < 4.78 is 0. The molecular formula is C10H23N3. The summed E-state index contributed by atoms with van der Waals surface area (Å²) >= 11 is 0. The van der Waals surface area contributed by atoms with Crippen LogP contribution in [0.2, 0.25) is 0 Å². The Balaban J connectivity index is 3.31. The third-order valence-corrected chi connectivity index (χ3v) is 2.16. The van der Waals surface area contributed by atoms with Gasteiger partial charge in [0, 0.05) is 12.6 Å². The van der Waals surface area contributed by atoms with Gasteiger partial charge in [0.05, 0.1) is 5.84 Å². The van der Waals surface area contributed by atoms with E-state index in [9.17, 15) is 0 Å². The number of unbranched alkanes of at least 4 members (excludes halogenated alkanes) is 1. The third kappa shape index (κ3) is 7.78. The van der Waals surface area contributed by atoms with Crippen molar-refractivity contribution in [3.05, 3.63) is 0 Å². The van der Waals surface area contributed by atoms with E-state index >= 15 is 0 Å². The molecule has 3 nitrogen and oxygen atoms in total. The second-order valence-electron chi connectivity index (χ2n) is 3.80. The average molecular weight is 185 g/mol. The molecule has 0 spiro atoms. The molecule has 0 aromatic heterocycles. The van der Waals surface area contributed by atoms with Gasteiger partial charge < -0.3 is 10.6 Å².